The molecule has 0 spiro atoms. The van der Waals surface area contributed by atoms with E-state index in [-0.39, 0.29) is 6.04 Å². The number of hydrogen-bond donors (Lipinski definition) is 1. The van der Waals surface area contributed by atoms with Gasteiger partial charge in [-0.2, -0.15) is 11.8 Å². The normalized spacial score (nSPS) is 21.5. The molecule has 2 nitrogen and oxygen atoms in total. The molecule has 0 aliphatic carbocycles. The number of aryl methyl sites for hydroxylation is 1. The van der Waals surface area contributed by atoms with E-state index in [1.165, 1.54) is 28.3 Å². The summed E-state index contributed by atoms with van der Waals surface area (Å²) in [4.78, 5) is 2.56. The van der Waals surface area contributed by atoms with Crippen molar-refractivity contribution in [2.75, 3.05) is 23.0 Å². The third-order valence-electron chi connectivity index (χ3n) is 3.92. The van der Waals surface area contributed by atoms with E-state index in [1.54, 1.807) is 0 Å². The quantitative estimate of drug-likeness (QED) is 0.917. The van der Waals surface area contributed by atoms with Crippen LogP contribution in [0.25, 0.3) is 0 Å². The number of rotatable bonds is 4. The minimum atomic E-state index is 0.273. The van der Waals surface area contributed by atoms with E-state index >= 15 is 0 Å². The molecule has 1 aliphatic rings. The Morgan fingerprint density at radius 1 is 1.47 bits per heavy atom. The molecule has 1 saturated heterocycles. The first-order valence-electron chi connectivity index (χ1n) is 7.31. The Kier molecular flexibility index (Phi) is 5.17. The van der Waals surface area contributed by atoms with Crippen LogP contribution in [-0.2, 0) is 6.42 Å². The van der Waals surface area contributed by atoms with Crippen molar-refractivity contribution in [2.24, 2.45) is 5.73 Å². The average molecular weight is 278 g/mol. The number of nitrogens with two attached hydrogens (primary N) is 1. The lowest BCUT2D eigenvalue weighted by atomic mass is 9.99. The van der Waals surface area contributed by atoms with Crippen molar-refractivity contribution in [2.45, 2.75) is 45.7 Å². The van der Waals surface area contributed by atoms with Gasteiger partial charge >= 0.3 is 0 Å². The lowest BCUT2D eigenvalue weighted by Crippen LogP contribution is -2.41. The molecule has 2 unspecified atom stereocenters. The van der Waals surface area contributed by atoms with Gasteiger partial charge in [0.25, 0.3) is 0 Å². The molecule has 0 aromatic heterocycles. The molecule has 1 heterocycles. The molecule has 1 aromatic rings. The van der Waals surface area contributed by atoms with Gasteiger partial charge in [-0.1, -0.05) is 24.6 Å². The Morgan fingerprint density at radius 2 is 2.26 bits per heavy atom. The molecule has 2 atom stereocenters. The number of anilines is 1. The van der Waals surface area contributed by atoms with Gasteiger partial charge in [0.2, 0.25) is 0 Å². The first kappa shape index (κ1) is 14.7. The maximum absolute atomic E-state index is 6.17. The van der Waals surface area contributed by atoms with Crippen LogP contribution in [0.3, 0.4) is 0 Å². The third kappa shape index (κ3) is 3.67. The molecule has 19 heavy (non-hydrogen) atoms. The van der Waals surface area contributed by atoms with Gasteiger partial charge in [-0.25, -0.2) is 0 Å². The number of hydrogen-bond acceptors (Lipinski definition) is 3. The molecule has 1 fully saturated rings. The highest BCUT2D eigenvalue weighted by atomic mass is 32.2. The highest BCUT2D eigenvalue weighted by Crippen LogP contribution is 2.29. The van der Waals surface area contributed by atoms with Gasteiger partial charge in [0.15, 0.2) is 0 Å². The van der Waals surface area contributed by atoms with Crippen LogP contribution in [-0.4, -0.2) is 30.1 Å². The number of thioether (sulfide) groups is 1. The van der Waals surface area contributed by atoms with E-state index in [1.807, 2.05) is 0 Å². The minimum Gasteiger partial charge on any atom is -0.367 e. The van der Waals surface area contributed by atoms with Crippen LogP contribution in [0, 0.1) is 6.92 Å². The number of nitrogens with zero attached hydrogens (tertiary/aromatic N) is 1. The lowest BCUT2D eigenvalue weighted by molar-refractivity contribution is 0.638. The van der Waals surface area contributed by atoms with Gasteiger partial charge in [-0.05, 0) is 38.3 Å². The van der Waals surface area contributed by atoms with E-state index in [0.717, 1.165) is 19.4 Å². The summed E-state index contributed by atoms with van der Waals surface area (Å²) in [7, 11) is 0. The fourth-order valence-corrected chi connectivity index (χ4v) is 3.68. The maximum Gasteiger partial charge on any atom is 0.0402 e. The predicted molar refractivity (Wildman–Crippen MR) is 87.3 cm³/mol. The summed E-state index contributed by atoms with van der Waals surface area (Å²) in [5, 5.41) is 0. The van der Waals surface area contributed by atoms with E-state index in [4.69, 9.17) is 5.73 Å². The Balaban J connectivity index is 2.27. The third-order valence-corrected chi connectivity index (χ3v) is 5.11. The van der Waals surface area contributed by atoms with E-state index in [9.17, 15) is 0 Å². The van der Waals surface area contributed by atoms with Crippen molar-refractivity contribution in [3.8, 4) is 0 Å². The Hall–Kier alpha value is -0.670. The molecule has 1 aliphatic heterocycles. The van der Waals surface area contributed by atoms with Crippen molar-refractivity contribution >= 4 is 17.4 Å². The Labute approximate surface area is 121 Å². The van der Waals surface area contributed by atoms with Gasteiger partial charge in [-0.3, -0.25) is 0 Å². The zero-order chi connectivity index (χ0) is 13.8. The summed E-state index contributed by atoms with van der Waals surface area (Å²) >= 11 is 2.06. The smallest absolute Gasteiger partial charge is 0.0402 e. The number of benzene rings is 1. The van der Waals surface area contributed by atoms with Crippen molar-refractivity contribution in [3.05, 3.63) is 29.3 Å². The summed E-state index contributed by atoms with van der Waals surface area (Å²) in [6.07, 6.45) is 2.03. The topological polar surface area (TPSA) is 29.3 Å². The molecular formula is C16H26N2S. The van der Waals surface area contributed by atoms with Crippen LogP contribution >= 0.6 is 11.8 Å². The summed E-state index contributed by atoms with van der Waals surface area (Å²) in [6.45, 7) is 7.82. The van der Waals surface area contributed by atoms with Crippen LogP contribution < -0.4 is 10.6 Å². The second-order valence-corrected chi connectivity index (χ2v) is 6.77. The molecule has 1 aromatic carbocycles. The summed E-state index contributed by atoms with van der Waals surface area (Å²) in [6, 6.07) is 7.73. The van der Waals surface area contributed by atoms with Crippen molar-refractivity contribution < 1.29 is 0 Å². The standard InChI is InChI=1S/C16H26N2S/c1-4-15(17)10-14-9-12(2)5-6-16(14)18-7-8-19-11-13(18)3/h5-6,9,13,15H,4,7-8,10-11,17H2,1-3H3. The lowest BCUT2D eigenvalue weighted by Gasteiger charge is -2.36. The van der Waals surface area contributed by atoms with Crippen molar-refractivity contribution in [3.63, 3.8) is 0 Å². The zero-order valence-corrected chi connectivity index (χ0v) is 13.2. The second-order valence-electron chi connectivity index (χ2n) is 5.62. The van der Waals surface area contributed by atoms with E-state index in [2.05, 4.69) is 55.6 Å². The Bertz CT molecular complexity index is 419. The fourth-order valence-electron chi connectivity index (χ4n) is 2.67. The average Bonchev–Trinajstić information content (AvgIpc) is 2.40. The van der Waals surface area contributed by atoms with Gasteiger partial charge < -0.3 is 10.6 Å². The van der Waals surface area contributed by atoms with E-state index < -0.39 is 0 Å². The van der Waals surface area contributed by atoms with Gasteiger partial charge in [-0.15, -0.1) is 0 Å². The van der Waals surface area contributed by atoms with Crippen molar-refractivity contribution in [1.82, 2.24) is 0 Å². The van der Waals surface area contributed by atoms with Crippen LogP contribution in [0.4, 0.5) is 5.69 Å². The highest BCUT2D eigenvalue weighted by molar-refractivity contribution is 7.99. The van der Waals surface area contributed by atoms with E-state index in [0.29, 0.717) is 6.04 Å². The molecule has 0 saturated carbocycles. The van der Waals surface area contributed by atoms with Gasteiger partial charge in [0.05, 0.1) is 0 Å². The molecule has 0 bridgehead atoms. The molecular weight excluding hydrogens is 252 g/mol. The van der Waals surface area contributed by atoms with Gasteiger partial charge in [0, 0.05) is 35.8 Å². The van der Waals surface area contributed by atoms with Crippen LogP contribution in [0.5, 0.6) is 0 Å². The highest BCUT2D eigenvalue weighted by Gasteiger charge is 2.21. The summed E-state index contributed by atoms with van der Waals surface area (Å²) in [5.74, 6) is 2.46. The molecule has 2 rings (SSSR count). The Morgan fingerprint density at radius 3 is 2.95 bits per heavy atom. The minimum absolute atomic E-state index is 0.273. The largest absolute Gasteiger partial charge is 0.367 e. The predicted octanol–water partition coefficient (Wildman–Crippen LogP) is 3.22. The molecule has 0 amide bonds. The molecule has 0 radical (unpaired) electrons. The second kappa shape index (κ2) is 6.67. The monoisotopic (exact) mass is 278 g/mol. The molecule has 3 heteroatoms. The summed E-state index contributed by atoms with van der Waals surface area (Å²) in [5.41, 5.74) is 10.3. The van der Waals surface area contributed by atoms with Crippen LogP contribution in [0.1, 0.15) is 31.4 Å². The molecule has 106 valence electrons. The zero-order valence-electron chi connectivity index (χ0n) is 12.4. The first-order valence-corrected chi connectivity index (χ1v) is 8.46. The SMILES string of the molecule is CCC(N)Cc1cc(C)ccc1N1CCSCC1C. The van der Waals surface area contributed by atoms with Gasteiger partial charge in [0.1, 0.15) is 0 Å². The van der Waals surface area contributed by atoms with Crippen LogP contribution in [0.2, 0.25) is 0 Å². The van der Waals surface area contributed by atoms with Crippen LogP contribution in [0.15, 0.2) is 18.2 Å². The van der Waals surface area contributed by atoms with Crippen molar-refractivity contribution in [1.29, 1.82) is 0 Å². The summed E-state index contributed by atoms with van der Waals surface area (Å²) < 4.78 is 0. The fraction of sp³-hybridized carbons (Fsp3) is 0.625. The molecule has 2 N–H and O–H groups in total. The first-order chi connectivity index (χ1) is 9.11. The maximum atomic E-state index is 6.17.